The fraction of sp³-hybridized carbons (Fsp3) is 0.333. The molecule has 1 heterocycles. The van der Waals surface area contributed by atoms with E-state index in [4.69, 9.17) is 0 Å². The molecule has 1 N–H and O–H groups in total. The second-order valence-corrected chi connectivity index (χ2v) is 5.25. The van der Waals surface area contributed by atoms with Crippen molar-refractivity contribution in [2.24, 2.45) is 13.0 Å². The summed E-state index contributed by atoms with van der Waals surface area (Å²) in [6.07, 6.45) is 4.11. The average Bonchev–Trinajstić information content (AvgIpc) is 3.18. The van der Waals surface area contributed by atoms with Gasteiger partial charge >= 0.3 is 6.61 Å². The summed E-state index contributed by atoms with van der Waals surface area (Å²) in [4.78, 5) is 16.2. The van der Waals surface area contributed by atoms with Crippen LogP contribution in [0.2, 0.25) is 0 Å². The Morgan fingerprint density at radius 1 is 1.41 bits per heavy atom. The van der Waals surface area contributed by atoms with E-state index < -0.39 is 6.61 Å². The van der Waals surface area contributed by atoms with Crippen molar-refractivity contribution in [3.63, 3.8) is 0 Å². The fourth-order valence-corrected chi connectivity index (χ4v) is 2.44. The molecule has 0 unspecified atom stereocenters. The first-order chi connectivity index (χ1) is 10.5. The van der Waals surface area contributed by atoms with Crippen molar-refractivity contribution in [3.05, 3.63) is 42.2 Å². The lowest BCUT2D eigenvalue weighted by atomic mass is 10.1. The Balaban J connectivity index is 1.59. The lowest BCUT2D eigenvalue weighted by molar-refractivity contribution is -0.117. The molecule has 1 aromatic carbocycles. The highest BCUT2D eigenvalue weighted by Gasteiger charge is 2.44. The summed E-state index contributed by atoms with van der Waals surface area (Å²) in [6, 6.07) is 6.42. The van der Waals surface area contributed by atoms with Crippen molar-refractivity contribution in [1.82, 2.24) is 9.55 Å². The van der Waals surface area contributed by atoms with Crippen LogP contribution in [0.4, 0.5) is 14.7 Å². The van der Waals surface area contributed by atoms with Gasteiger partial charge in [-0.25, -0.2) is 4.98 Å². The van der Waals surface area contributed by atoms with Gasteiger partial charge in [-0.1, -0.05) is 12.1 Å². The van der Waals surface area contributed by atoms with Gasteiger partial charge in [0.05, 0.1) is 0 Å². The predicted octanol–water partition coefficient (Wildman–Crippen LogP) is 2.76. The molecule has 0 saturated heterocycles. The van der Waals surface area contributed by atoms with Gasteiger partial charge in [0, 0.05) is 25.4 Å². The third-order valence-corrected chi connectivity index (χ3v) is 3.72. The number of carbonyl (C=O) groups excluding carboxylic acids is 1. The molecule has 1 aromatic heterocycles. The zero-order valence-corrected chi connectivity index (χ0v) is 11.9. The van der Waals surface area contributed by atoms with Gasteiger partial charge in [-0.05, 0) is 30.0 Å². The molecule has 1 amide bonds. The summed E-state index contributed by atoms with van der Waals surface area (Å²) < 4.78 is 30.2. The lowest BCUT2D eigenvalue weighted by Crippen LogP contribution is -2.17. The van der Waals surface area contributed by atoms with E-state index in [1.54, 1.807) is 36.1 Å². The first-order valence-corrected chi connectivity index (χ1v) is 6.87. The fourth-order valence-electron chi connectivity index (χ4n) is 2.44. The maximum Gasteiger partial charge on any atom is 0.387 e. The SMILES string of the molecule is Cn1ccnc1NC(=O)[C@@H]1C[C@H]1c1ccc(OC(F)F)cc1. The van der Waals surface area contributed by atoms with E-state index in [2.05, 4.69) is 15.0 Å². The number of hydrogen-bond acceptors (Lipinski definition) is 3. The number of hydrogen-bond donors (Lipinski definition) is 1. The molecule has 0 aliphatic heterocycles. The van der Waals surface area contributed by atoms with Crippen molar-refractivity contribution in [2.75, 3.05) is 5.32 Å². The molecule has 0 spiro atoms. The highest BCUT2D eigenvalue weighted by molar-refractivity contribution is 5.93. The van der Waals surface area contributed by atoms with Gasteiger partial charge in [0.1, 0.15) is 5.75 Å². The number of aryl methyl sites for hydroxylation is 1. The van der Waals surface area contributed by atoms with Crippen LogP contribution in [0.25, 0.3) is 0 Å². The van der Waals surface area contributed by atoms with E-state index in [1.165, 1.54) is 12.1 Å². The first-order valence-electron chi connectivity index (χ1n) is 6.87. The summed E-state index contributed by atoms with van der Waals surface area (Å²) >= 11 is 0. The van der Waals surface area contributed by atoms with Crippen LogP contribution in [0.5, 0.6) is 5.75 Å². The minimum atomic E-state index is -2.83. The Morgan fingerprint density at radius 3 is 2.73 bits per heavy atom. The van der Waals surface area contributed by atoms with E-state index in [1.807, 2.05) is 0 Å². The number of alkyl halides is 2. The molecule has 7 heteroatoms. The normalized spacial score (nSPS) is 20.0. The quantitative estimate of drug-likeness (QED) is 0.924. The Hall–Kier alpha value is -2.44. The zero-order valence-electron chi connectivity index (χ0n) is 11.9. The molecular weight excluding hydrogens is 292 g/mol. The molecule has 22 heavy (non-hydrogen) atoms. The number of rotatable bonds is 5. The van der Waals surface area contributed by atoms with E-state index >= 15 is 0 Å². The van der Waals surface area contributed by atoms with Crippen molar-refractivity contribution in [3.8, 4) is 5.75 Å². The summed E-state index contributed by atoms with van der Waals surface area (Å²) in [5, 5.41) is 2.78. The van der Waals surface area contributed by atoms with E-state index in [9.17, 15) is 13.6 Å². The Kier molecular flexibility index (Phi) is 3.79. The monoisotopic (exact) mass is 307 g/mol. The maximum atomic E-state index is 12.1. The van der Waals surface area contributed by atoms with Crippen molar-refractivity contribution in [2.45, 2.75) is 19.0 Å². The number of carbonyl (C=O) groups is 1. The second-order valence-electron chi connectivity index (χ2n) is 5.25. The van der Waals surface area contributed by atoms with Crippen molar-refractivity contribution < 1.29 is 18.3 Å². The van der Waals surface area contributed by atoms with Gasteiger partial charge < -0.3 is 9.30 Å². The molecule has 0 radical (unpaired) electrons. The van der Waals surface area contributed by atoms with Gasteiger partial charge in [0.2, 0.25) is 11.9 Å². The minimum absolute atomic E-state index is 0.0767. The average molecular weight is 307 g/mol. The number of aromatic nitrogens is 2. The summed E-state index contributed by atoms with van der Waals surface area (Å²) in [5.41, 5.74) is 0.946. The molecule has 5 nitrogen and oxygen atoms in total. The predicted molar refractivity (Wildman–Crippen MR) is 75.8 cm³/mol. The number of benzene rings is 1. The van der Waals surface area contributed by atoms with E-state index in [0.29, 0.717) is 5.95 Å². The maximum absolute atomic E-state index is 12.1. The molecule has 1 saturated carbocycles. The zero-order chi connectivity index (χ0) is 15.7. The van der Waals surface area contributed by atoms with E-state index in [0.717, 1.165) is 12.0 Å². The largest absolute Gasteiger partial charge is 0.435 e. The van der Waals surface area contributed by atoms with Crippen LogP contribution < -0.4 is 10.1 Å². The second kappa shape index (κ2) is 5.75. The summed E-state index contributed by atoms with van der Waals surface area (Å²) in [7, 11) is 1.80. The molecular formula is C15H15F2N3O2. The van der Waals surface area contributed by atoms with Crippen LogP contribution in [0.3, 0.4) is 0 Å². The van der Waals surface area contributed by atoms with Crippen LogP contribution in [0.1, 0.15) is 17.9 Å². The summed E-state index contributed by atoms with van der Waals surface area (Å²) in [6.45, 7) is -2.83. The molecule has 1 aliphatic carbocycles. The van der Waals surface area contributed by atoms with Crippen molar-refractivity contribution in [1.29, 1.82) is 0 Å². The molecule has 1 aliphatic rings. The highest BCUT2D eigenvalue weighted by Crippen LogP contribution is 2.48. The lowest BCUT2D eigenvalue weighted by Gasteiger charge is -2.06. The number of anilines is 1. The number of imidazole rings is 1. The van der Waals surface area contributed by atoms with Gasteiger partial charge in [-0.2, -0.15) is 8.78 Å². The Labute approximate surface area is 125 Å². The van der Waals surface area contributed by atoms with Crippen LogP contribution in [-0.4, -0.2) is 22.1 Å². The third-order valence-electron chi connectivity index (χ3n) is 3.72. The van der Waals surface area contributed by atoms with Gasteiger partial charge in [0.15, 0.2) is 0 Å². The molecule has 1 fully saturated rings. The third kappa shape index (κ3) is 3.08. The standard InChI is InChI=1S/C15H15F2N3O2/c1-20-7-6-18-15(20)19-13(21)12-8-11(12)9-2-4-10(5-3-9)22-14(16)17/h2-7,11-12,14H,8H2,1H3,(H,18,19,21)/t11-,12+/m0/s1. The highest BCUT2D eigenvalue weighted by atomic mass is 19.3. The van der Waals surface area contributed by atoms with E-state index in [-0.39, 0.29) is 23.5 Å². The minimum Gasteiger partial charge on any atom is -0.435 e. The molecule has 3 rings (SSSR count). The summed E-state index contributed by atoms with van der Waals surface area (Å²) in [5.74, 6) is 0.552. The topological polar surface area (TPSA) is 56.2 Å². The van der Waals surface area contributed by atoms with Crippen LogP contribution in [0.15, 0.2) is 36.7 Å². The number of ether oxygens (including phenoxy) is 1. The first kappa shape index (κ1) is 14.5. The Morgan fingerprint density at radius 2 is 2.14 bits per heavy atom. The van der Waals surface area contributed by atoms with Crippen LogP contribution in [0, 0.1) is 5.92 Å². The van der Waals surface area contributed by atoms with Gasteiger partial charge in [0.25, 0.3) is 0 Å². The molecule has 2 aromatic rings. The molecule has 116 valence electrons. The van der Waals surface area contributed by atoms with Crippen LogP contribution in [-0.2, 0) is 11.8 Å². The number of halogens is 2. The smallest absolute Gasteiger partial charge is 0.387 e. The Bertz CT molecular complexity index is 670. The van der Waals surface area contributed by atoms with Gasteiger partial charge in [-0.15, -0.1) is 0 Å². The molecule has 2 atom stereocenters. The number of nitrogens with zero attached hydrogens (tertiary/aromatic N) is 2. The number of nitrogens with one attached hydrogen (secondary N) is 1. The van der Waals surface area contributed by atoms with Crippen LogP contribution >= 0.6 is 0 Å². The number of amides is 1. The molecule has 0 bridgehead atoms. The van der Waals surface area contributed by atoms with Crippen molar-refractivity contribution >= 4 is 11.9 Å². The van der Waals surface area contributed by atoms with Gasteiger partial charge in [-0.3, -0.25) is 10.1 Å².